The summed E-state index contributed by atoms with van der Waals surface area (Å²) in [7, 11) is 1.31. The van der Waals surface area contributed by atoms with Crippen molar-refractivity contribution in [3.63, 3.8) is 0 Å². The van der Waals surface area contributed by atoms with Gasteiger partial charge in [-0.3, -0.25) is 9.59 Å². The van der Waals surface area contributed by atoms with Crippen LogP contribution in [-0.4, -0.2) is 45.3 Å². The Balaban J connectivity index is 2.91. The Kier molecular flexibility index (Phi) is 6.29. The van der Waals surface area contributed by atoms with Crippen molar-refractivity contribution in [1.29, 1.82) is 0 Å². The zero-order valence-electron chi connectivity index (χ0n) is 11.2. The number of hydrogen-bond acceptors (Lipinski definition) is 5. The van der Waals surface area contributed by atoms with Gasteiger partial charge in [0.2, 0.25) is 0 Å². The molecule has 0 radical (unpaired) electrons. The highest BCUT2D eigenvalue weighted by atomic mass is 16.5. The van der Waals surface area contributed by atoms with Crippen molar-refractivity contribution in [2.24, 2.45) is 5.41 Å². The molecule has 0 amide bonds. The van der Waals surface area contributed by atoms with Crippen molar-refractivity contribution in [3.05, 3.63) is 0 Å². The van der Waals surface area contributed by atoms with Crippen molar-refractivity contribution in [2.45, 2.75) is 32.6 Å². The molecule has 1 atom stereocenters. The highest BCUT2D eigenvalue weighted by molar-refractivity contribution is 6.04. The number of Topliss-reactive ketones (excluding diaryl/α,β-unsaturated/α-hetero) is 1. The molecule has 1 unspecified atom stereocenters. The van der Waals surface area contributed by atoms with Gasteiger partial charge in [0.25, 0.3) is 0 Å². The molecule has 0 aromatic heterocycles. The largest absolute Gasteiger partial charge is 0.468 e. The average Bonchev–Trinajstić information content (AvgIpc) is 2.47. The number of hydrogen-bond donors (Lipinski definition) is 0. The first-order valence-corrected chi connectivity index (χ1v) is 6.44. The van der Waals surface area contributed by atoms with E-state index in [0.717, 1.165) is 12.8 Å². The fourth-order valence-corrected chi connectivity index (χ4v) is 2.11. The summed E-state index contributed by atoms with van der Waals surface area (Å²) in [6.07, 6.45) is 2.44. The second-order valence-electron chi connectivity index (χ2n) is 4.52. The topological polar surface area (TPSA) is 61.8 Å². The van der Waals surface area contributed by atoms with Crippen LogP contribution in [0.4, 0.5) is 0 Å². The fraction of sp³-hybridized carbons (Fsp3) is 0.846. The Labute approximate surface area is 108 Å². The number of ether oxygens (including phenoxy) is 3. The quantitative estimate of drug-likeness (QED) is 0.562. The minimum absolute atomic E-state index is 0.0991. The Morgan fingerprint density at radius 2 is 2.06 bits per heavy atom. The smallest absolute Gasteiger partial charge is 0.321 e. The van der Waals surface area contributed by atoms with Crippen LogP contribution in [0.5, 0.6) is 0 Å². The van der Waals surface area contributed by atoms with E-state index in [9.17, 15) is 9.59 Å². The summed E-state index contributed by atoms with van der Waals surface area (Å²) in [5, 5.41) is 0. The third kappa shape index (κ3) is 3.53. The molecular formula is C13H22O5. The summed E-state index contributed by atoms with van der Waals surface area (Å²) < 4.78 is 15.5. The molecule has 0 aliphatic carbocycles. The number of rotatable bonds is 4. The Hall–Kier alpha value is -0.940. The monoisotopic (exact) mass is 258 g/mol. The first-order chi connectivity index (χ1) is 8.67. The van der Waals surface area contributed by atoms with E-state index >= 15 is 0 Å². The van der Waals surface area contributed by atoms with Gasteiger partial charge in [-0.1, -0.05) is 19.8 Å². The summed E-state index contributed by atoms with van der Waals surface area (Å²) in [4.78, 5) is 24.3. The zero-order chi connectivity index (χ0) is 13.4. The number of carbonyl (C=O) groups excluding carboxylic acids is 2. The molecule has 0 spiro atoms. The number of methoxy groups -OCH3 is 1. The molecule has 18 heavy (non-hydrogen) atoms. The maximum Gasteiger partial charge on any atom is 0.321 e. The van der Waals surface area contributed by atoms with Crippen LogP contribution >= 0.6 is 0 Å². The molecule has 104 valence electrons. The van der Waals surface area contributed by atoms with Gasteiger partial charge in [0, 0.05) is 6.42 Å². The summed E-state index contributed by atoms with van der Waals surface area (Å²) >= 11 is 0. The van der Waals surface area contributed by atoms with Crippen LogP contribution in [-0.2, 0) is 23.8 Å². The Bertz CT molecular complexity index is 289. The van der Waals surface area contributed by atoms with Crippen molar-refractivity contribution < 1.29 is 23.8 Å². The van der Waals surface area contributed by atoms with Crippen LogP contribution in [0.3, 0.4) is 0 Å². The van der Waals surface area contributed by atoms with Gasteiger partial charge >= 0.3 is 5.97 Å². The van der Waals surface area contributed by atoms with E-state index in [1.807, 2.05) is 6.92 Å². The molecule has 1 heterocycles. The van der Waals surface area contributed by atoms with E-state index in [-0.39, 0.29) is 18.8 Å². The van der Waals surface area contributed by atoms with E-state index in [1.54, 1.807) is 0 Å². The molecule has 0 aromatic carbocycles. The molecule has 0 aromatic rings. The van der Waals surface area contributed by atoms with Gasteiger partial charge in [-0.15, -0.1) is 0 Å². The van der Waals surface area contributed by atoms with Crippen LogP contribution in [0.25, 0.3) is 0 Å². The molecule has 1 aliphatic rings. The number of carbonyl (C=O) groups is 2. The van der Waals surface area contributed by atoms with E-state index in [1.165, 1.54) is 7.11 Å². The van der Waals surface area contributed by atoms with Crippen LogP contribution in [0.15, 0.2) is 0 Å². The highest BCUT2D eigenvalue weighted by Crippen LogP contribution is 2.30. The minimum Gasteiger partial charge on any atom is -0.468 e. The van der Waals surface area contributed by atoms with Crippen LogP contribution < -0.4 is 0 Å². The van der Waals surface area contributed by atoms with E-state index in [4.69, 9.17) is 14.2 Å². The number of unbranched alkanes of at least 4 members (excludes halogenated alkanes) is 1. The lowest BCUT2D eigenvalue weighted by Crippen LogP contribution is -2.44. The van der Waals surface area contributed by atoms with E-state index in [0.29, 0.717) is 26.2 Å². The zero-order valence-corrected chi connectivity index (χ0v) is 11.2. The second-order valence-corrected chi connectivity index (χ2v) is 4.52. The Morgan fingerprint density at radius 3 is 2.72 bits per heavy atom. The van der Waals surface area contributed by atoms with E-state index < -0.39 is 11.4 Å². The first-order valence-electron chi connectivity index (χ1n) is 6.44. The molecule has 0 saturated carbocycles. The van der Waals surface area contributed by atoms with Crippen LogP contribution in [0, 0.1) is 5.41 Å². The Morgan fingerprint density at radius 1 is 1.33 bits per heavy atom. The van der Waals surface area contributed by atoms with Crippen molar-refractivity contribution in [2.75, 3.05) is 33.5 Å². The van der Waals surface area contributed by atoms with Gasteiger partial charge in [-0.2, -0.15) is 0 Å². The van der Waals surface area contributed by atoms with Crippen LogP contribution in [0.2, 0.25) is 0 Å². The molecule has 1 rings (SSSR count). The third-order valence-corrected chi connectivity index (χ3v) is 3.26. The first kappa shape index (κ1) is 15.1. The van der Waals surface area contributed by atoms with Crippen LogP contribution in [0.1, 0.15) is 32.6 Å². The molecule has 1 saturated heterocycles. The average molecular weight is 258 g/mol. The van der Waals surface area contributed by atoms with Gasteiger partial charge in [0.05, 0.1) is 33.5 Å². The molecule has 5 heteroatoms. The van der Waals surface area contributed by atoms with Crippen molar-refractivity contribution in [1.82, 2.24) is 0 Å². The van der Waals surface area contributed by atoms with Gasteiger partial charge in [0.1, 0.15) is 5.41 Å². The number of esters is 1. The van der Waals surface area contributed by atoms with Crippen molar-refractivity contribution >= 4 is 11.8 Å². The highest BCUT2D eigenvalue weighted by Gasteiger charge is 2.46. The normalized spacial score (nSPS) is 26.0. The predicted molar refractivity (Wildman–Crippen MR) is 65.2 cm³/mol. The lowest BCUT2D eigenvalue weighted by molar-refractivity contribution is -0.163. The summed E-state index contributed by atoms with van der Waals surface area (Å²) in [5.41, 5.74) is -1.14. The second kappa shape index (κ2) is 7.48. The lowest BCUT2D eigenvalue weighted by atomic mass is 9.78. The SMILES string of the molecule is CCCCC1(C(=O)OC)COCCOCCC1=O. The summed E-state index contributed by atoms with van der Waals surface area (Å²) in [6, 6.07) is 0. The van der Waals surface area contributed by atoms with Gasteiger partial charge in [-0.25, -0.2) is 0 Å². The molecule has 1 fully saturated rings. The molecule has 0 bridgehead atoms. The van der Waals surface area contributed by atoms with Gasteiger partial charge in [-0.05, 0) is 6.42 Å². The predicted octanol–water partition coefficient (Wildman–Crippen LogP) is 1.34. The summed E-state index contributed by atoms with van der Waals surface area (Å²) in [6.45, 7) is 3.32. The van der Waals surface area contributed by atoms with Gasteiger partial charge in [0.15, 0.2) is 5.78 Å². The maximum absolute atomic E-state index is 12.3. The van der Waals surface area contributed by atoms with Crippen molar-refractivity contribution in [3.8, 4) is 0 Å². The fourth-order valence-electron chi connectivity index (χ4n) is 2.11. The van der Waals surface area contributed by atoms with Gasteiger partial charge < -0.3 is 14.2 Å². The molecule has 1 aliphatic heterocycles. The molecule has 0 N–H and O–H groups in total. The maximum atomic E-state index is 12.3. The molecule has 5 nitrogen and oxygen atoms in total. The number of ketones is 1. The standard InChI is InChI=1S/C13H22O5/c1-3-4-6-13(12(15)16-2)10-18-9-8-17-7-5-11(13)14/h3-10H2,1-2H3. The third-order valence-electron chi connectivity index (χ3n) is 3.26. The summed E-state index contributed by atoms with van der Waals surface area (Å²) in [5.74, 6) is -0.618. The lowest BCUT2D eigenvalue weighted by Gasteiger charge is -2.28. The minimum atomic E-state index is -1.14. The molecular weight excluding hydrogens is 236 g/mol. The van der Waals surface area contributed by atoms with E-state index in [2.05, 4.69) is 0 Å².